The van der Waals surface area contributed by atoms with Gasteiger partial charge in [0.15, 0.2) is 0 Å². The highest BCUT2D eigenvalue weighted by Gasteiger charge is 2.11. The molecule has 0 aliphatic carbocycles. The van der Waals surface area contributed by atoms with Gasteiger partial charge in [0, 0.05) is 8.95 Å². The van der Waals surface area contributed by atoms with E-state index in [-0.39, 0.29) is 3.74 Å². The molecule has 140 valence electrons. The van der Waals surface area contributed by atoms with E-state index in [4.69, 9.17) is 46.4 Å². The molecule has 0 aliphatic heterocycles. The summed E-state index contributed by atoms with van der Waals surface area (Å²) in [7, 11) is 0. The number of aromatic nitrogens is 2. The van der Waals surface area contributed by atoms with Gasteiger partial charge < -0.3 is 0 Å². The van der Waals surface area contributed by atoms with E-state index in [0.29, 0.717) is 0 Å². The molecule has 0 radical (unpaired) electrons. The number of nitrogens with zero attached hydrogens (tertiary/aromatic N) is 2. The molecular formula is C13H8Br6Cl4N2. The predicted molar refractivity (Wildman–Crippen MR) is 131 cm³/mol. The van der Waals surface area contributed by atoms with Crippen LogP contribution in [0.15, 0.2) is 42.4 Å². The zero-order chi connectivity index (χ0) is 19.8. The van der Waals surface area contributed by atoms with Crippen molar-refractivity contribution in [1.29, 1.82) is 0 Å². The molecule has 12 heteroatoms. The van der Waals surface area contributed by atoms with Crippen molar-refractivity contribution in [3.8, 4) is 0 Å². The summed E-state index contributed by atoms with van der Waals surface area (Å²) in [5.41, 5.74) is 1.93. The number of hydrogen-bond acceptors (Lipinski definition) is 2. The first-order chi connectivity index (χ1) is 11.3. The Bertz CT molecular complexity index is 676. The van der Waals surface area contributed by atoms with E-state index in [0.717, 1.165) is 29.5 Å². The average Bonchev–Trinajstić information content (AvgIpc) is 2.44. The molecule has 25 heavy (non-hydrogen) atoms. The molecule has 0 spiro atoms. The summed E-state index contributed by atoms with van der Waals surface area (Å²) in [4.78, 5) is 8.39. The standard InChI is InChI=1S/C6H3Br4N.C6H5Br2N.CCl4/c7-3-1-2-4(8)11-5(3)6(9)10;1-4-5(7)2-3-6(8)9-4;2-1(3,4)5/h1-2,6H;2-3H,1H3;. The maximum Gasteiger partial charge on any atom is 0.266 e. The van der Waals surface area contributed by atoms with Crippen LogP contribution in [0.5, 0.6) is 0 Å². The van der Waals surface area contributed by atoms with E-state index in [1.807, 2.05) is 31.2 Å². The molecule has 0 aliphatic rings. The lowest BCUT2D eigenvalue weighted by Gasteiger charge is -2.03. The molecule has 0 atom stereocenters. The van der Waals surface area contributed by atoms with Crippen LogP contribution in [0.3, 0.4) is 0 Å². The first kappa shape index (κ1) is 27.3. The van der Waals surface area contributed by atoms with E-state index in [1.165, 1.54) is 0 Å². The van der Waals surface area contributed by atoms with Crippen molar-refractivity contribution in [3.63, 3.8) is 0 Å². The first-order valence-corrected chi connectivity index (χ1v) is 12.5. The summed E-state index contributed by atoms with van der Waals surface area (Å²) in [6.45, 7) is 1.95. The maximum atomic E-state index is 4.83. The summed E-state index contributed by atoms with van der Waals surface area (Å²) < 4.78 is 2.22. The predicted octanol–water partition coefficient (Wildman–Crippen LogP) is 9.86. The molecule has 2 nitrogen and oxygen atoms in total. The molecule has 0 saturated heterocycles. The Morgan fingerprint density at radius 3 is 1.52 bits per heavy atom. The monoisotopic (exact) mass is 805 g/mol. The van der Waals surface area contributed by atoms with E-state index in [9.17, 15) is 0 Å². The number of hydrogen-bond donors (Lipinski definition) is 0. The minimum Gasteiger partial charge on any atom is -0.245 e. The van der Waals surface area contributed by atoms with Crippen LogP contribution in [0.25, 0.3) is 0 Å². The molecular weight excluding hydrogens is 805 g/mol. The van der Waals surface area contributed by atoms with Crippen molar-refractivity contribution < 1.29 is 0 Å². The Morgan fingerprint density at radius 1 is 0.800 bits per heavy atom. The summed E-state index contributed by atoms with van der Waals surface area (Å²) in [6.07, 6.45) is 0. The van der Waals surface area contributed by atoms with Gasteiger partial charge >= 0.3 is 0 Å². The van der Waals surface area contributed by atoms with Crippen molar-refractivity contribution in [3.05, 3.63) is 53.8 Å². The summed E-state index contributed by atoms with van der Waals surface area (Å²) >= 11 is 39.3. The van der Waals surface area contributed by atoms with Gasteiger partial charge in [0.25, 0.3) is 3.25 Å². The van der Waals surface area contributed by atoms with Crippen LogP contribution in [-0.4, -0.2) is 13.2 Å². The second kappa shape index (κ2) is 13.5. The molecule has 0 amide bonds. The van der Waals surface area contributed by atoms with Crippen LogP contribution in [0.1, 0.15) is 15.1 Å². The van der Waals surface area contributed by atoms with Gasteiger partial charge in [-0.3, -0.25) is 0 Å². The third-order valence-electron chi connectivity index (χ3n) is 2.03. The van der Waals surface area contributed by atoms with Crippen LogP contribution in [0.4, 0.5) is 0 Å². The van der Waals surface area contributed by atoms with Crippen LogP contribution in [-0.2, 0) is 0 Å². The third kappa shape index (κ3) is 14.9. The van der Waals surface area contributed by atoms with E-state index < -0.39 is 3.25 Å². The quantitative estimate of drug-likeness (QED) is 0.212. The molecule has 0 aromatic carbocycles. The van der Waals surface area contributed by atoms with Crippen molar-refractivity contribution >= 4 is 142 Å². The van der Waals surface area contributed by atoms with Crippen molar-refractivity contribution in [1.82, 2.24) is 9.97 Å². The number of rotatable bonds is 1. The van der Waals surface area contributed by atoms with E-state index in [2.05, 4.69) is 106 Å². The molecule has 0 fully saturated rings. The Kier molecular flexibility index (Phi) is 14.8. The van der Waals surface area contributed by atoms with Crippen LogP contribution < -0.4 is 0 Å². The lowest BCUT2D eigenvalue weighted by Crippen LogP contribution is -1.88. The van der Waals surface area contributed by atoms with Crippen LogP contribution in [0.2, 0.25) is 0 Å². The van der Waals surface area contributed by atoms with Crippen molar-refractivity contribution in [2.45, 2.75) is 13.9 Å². The highest BCUT2D eigenvalue weighted by molar-refractivity contribution is 9.24. The number of alkyl halides is 6. The van der Waals surface area contributed by atoms with Gasteiger partial charge in [-0.2, -0.15) is 0 Å². The fraction of sp³-hybridized carbons (Fsp3) is 0.231. The highest BCUT2D eigenvalue weighted by atomic mass is 79.9. The zero-order valence-electron chi connectivity index (χ0n) is 12.1. The molecule has 2 aromatic rings. The van der Waals surface area contributed by atoms with Gasteiger partial charge in [0.05, 0.1) is 11.4 Å². The van der Waals surface area contributed by atoms with Gasteiger partial charge in [-0.25, -0.2) is 9.97 Å². The Morgan fingerprint density at radius 2 is 1.20 bits per heavy atom. The first-order valence-electron chi connectivity index (χ1n) is 5.95. The second-order valence-electron chi connectivity index (χ2n) is 3.93. The normalized spacial score (nSPS) is 10.6. The third-order valence-corrected chi connectivity index (χ3v) is 5.29. The number of aryl methyl sites for hydroxylation is 1. The van der Waals surface area contributed by atoms with Gasteiger partial charge in [0.1, 0.15) is 12.9 Å². The highest BCUT2D eigenvalue weighted by Crippen LogP contribution is 2.33. The zero-order valence-corrected chi connectivity index (χ0v) is 24.6. The molecule has 0 bridgehead atoms. The Labute approximate surface area is 216 Å². The Hall–Kier alpha value is 2.34. The van der Waals surface area contributed by atoms with Gasteiger partial charge in [-0.15, -0.1) is 0 Å². The summed E-state index contributed by atoms with van der Waals surface area (Å²) in [5, 5.41) is 0. The summed E-state index contributed by atoms with van der Waals surface area (Å²) in [6, 6.07) is 7.70. The van der Waals surface area contributed by atoms with Gasteiger partial charge in [-0.1, -0.05) is 78.3 Å². The lowest BCUT2D eigenvalue weighted by molar-refractivity contribution is 1.13. The van der Waals surface area contributed by atoms with Gasteiger partial charge in [-0.05, 0) is 94.9 Å². The number of pyridine rings is 2. The minimum atomic E-state index is -1.61. The fourth-order valence-corrected chi connectivity index (χ4v) is 3.80. The fourth-order valence-electron chi connectivity index (χ4n) is 1.10. The van der Waals surface area contributed by atoms with Crippen molar-refractivity contribution in [2.24, 2.45) is 0 Å². The summed E-state index contributed by atoms with van der Waals surface area (Å²) in [5.74, 6) is 0. The largest absolute Gasteiger partial charge is 0.266 e. The number of halogens is 10. The molecule has 0 unspecified atom stereocenters. The van der Waals surface area contributed by atoms with Gasteiger partial charge in [0.2, 0.25) is 0 Å². The molecule has 0 N–H and O–H groups in total. The Balaban J connectivity index is 0.000000372. The average molecular weight is 813 g/mol. The molecule has 2 rings (SSSR count). The SMILES string of the molecule is Brc1ccc(Br)c(C(Br)Br)n1.Cc1nc(Br)ccc1Br.ClC(Cl)(Cl)Cl. The van der Waals surface area contributed by atoms with E-state index in [1.54, 1.807) is 0 Å². The molecule has 2 heterocycles. The second-order valence-corrected chi connectivity index (χ2v) is 13.8. The lowest BCUT2D eigenvalue weighted by atomic mass is 10.4. The topological polar surface area (TPSA) is 25.8 Å². The molecule has 2 aromatic heterocycles. The van der Waals surface area contributed by atoms with Crippen LogP contribution in [0, 0.1) is 6.92 Å². The smallest absolute Gasteiger partial charge is 0.245 e. The van der Waals surface area contributed by atoms with Crippen LogP contribution >= 0.6 is 142 Å². The van der Waals surface area contributed by atoms with Crippen molar-refractivity contribution in [2.75, 3.05) is 0 Å². The maximum absolute atomic E-state index is 4.83. The van der Waals surface area contributed by atoms with E-state index >= 15 is 0 Å². The minimum absolute atomic E-state index is 0.0851. The molecule has 0 saturated carbocycles.